The Morgan fingerprint density at radius 1 is 1.42 bits per heavy atom. The first-order valence-corrected chi connectivity index (χ1v) is 7.10. The topological polar surface area (TPSA) is 126 Å². The molecule has 0 radical (unpaired) electrons. The Morgan fingerprint density at radius 3 is 2.83 bits per heavy atom. The van der Waals surface area contributed by atoms with Gasteiger partial charge >= 0.3 is 6.09 Å². The summed E-state index contributed by atoms with van der Waals surface area (Å²) in [5.41, 5.74) is 2.56. The molecule has 9 nitrogen and oxygen atoms in total. The van der Waals surface area contributed by atoms with Crippen LogP contribution in [-0.4, -0.2) is 28.3 Å². The van der Waals surface area contributed by atoms with Crippen molar-refractivity contribution < 1.29 is 14.3 Å². The van der Waals surface area contributed by atoms with Gasteiger partial charge < -0.3 is 10.1 Å². The zero-order valence-electron chi connectivity index (χ0n) is 13.1. The molecule has 1 aromatic heterocycles. The van der Waals surface area contributed by atoms with E-state index in [2.05, 4.69) is 15.7 Å². The van der Waals surface area contributed by atoms with Gasteiger partial charge in [0.05, 0.1) is 23.6 Å². The SMILES string of the molecule is CCOC(=O)Nn1c(C)nc2ccc(NC(=O)CC#N)cc2c1=O. The van der Waals surface area contributed by atoms with Crippen LogP contribution in [0.2, 0.25) is 0 Å². The zero-order valence-corrected chi connectivity index (χ0v) is 13.1. The van der Waals surface area contributed by atoms with Crippen molar-refractivity contribution in [1.82, 2.24) is 9.66 Å². The molecule has 0 spiro atoms. The van der Waals surface area contributed by atoms with E-state index in [1.807, 2.05) is 0 Å². The molecule has 2 amide bonds. The first-order valence-electron chi connectivity index (χ1n) is 7.10. The average molecular weight is 329 g/mol. The van der Waals surface area contributed by atoms with Crippen LogP contribution in [0.25, 0.3) is 10.9 Å². The second-order valence-corrected chi connectivity index (χ2v) is 4.75. The first-order chi connectivity index (χ1) is 11.5. The van der Waals surface area contributed by atoms with Crippen LogP contribution in [-0.2, 0) is 9.53 Å². The van der Waals surface area contributed by atoms with Crippen LogP contribution in [0.15, 0.2) is 23.0 Å². The van der Waals surface area contributed by atoms with Crippen LogP contribution in [0, 0.1) is 18.3 Å². The summed E-state index contributed by atoms with van der Waals surface area (Å²) in [5, 5.41) is 11.2. The van der Waals surface area contributed by atoms with Gasteiger partial charge in [-0.2, -0.15) is 9.94 Å². The van der Waals surface area contributed by atoms with E-state index in [4.69, 9.17) is 10.00 Å². The number of benzene rings is 1. The molecule has 2 rings (SSSR count). The fraction of sp³-hybridized carbons (Fsp3) is 0.267. The summed E-state index contributed by atoms with van der Waals surface area (Å²) in [6.07, 6.45) is -1.07. The third kappa shape index (κ3) is 3.67. The highest BCUT2D eigenvalue weighted by molar-refractivity contribution is 5.94. The minimum atomic E-state index is -0.776. The van der Waals surface area contributed by atoms with Gasteiger partial charge in [-0.25, -0.2) is 15.2 Å². The van der Waals surface area contributed by atoms with Crippen LogP contribution in [0.1, 0.15) is 19.2 Å². The van der Waals surface area contributed by atoms with Gasteiger partial charge in [-0.15, -0.1) is 0 Å². The van der Waals surface area contributed by atoms with Crippen molar-refractivity contribution in [3.05, 3.63) is 34.4 Å². The highest BCUT2D eigenvalue weighted by atomic mass is 16.6. The summed E-state index contributed by atoms with van der Waals surface area (Å²) < 4.78 is 5.72. The van der Waals surface area contributed by atoms with Gasteiger partial charge in [-0.1, -0.05) is 0 Å². The number of nitrogens with one attached hydrogen (secondary N) is 2. The normalized spacial score (nSPS) is 10.0. The van der Waals surface area contributed by atoms with E-state index in [1.54, 1.807) is 32.0 Å². The Balaban J connectivity index is 2.44. The minimum Gasteiger partial charge on any atom is -0.449 e. The molecular weight excluding hydrogens is 314 g/mol. The number of carbonyl (C=O) groups excluding carboxylic acids is 2. The van der Waals surface area contributed by atoms with E-state index < -0.39 is 17.6 Å². The predicted molar refractivity (Wildman–Crippen MR) is 86.0 cm³/mol. The van der Waals surface area contributed by atoms with E-state index >= 15 is 0 Å². The smallest absolute Gasteiger partial charge is 0.426 e. The summed E-state index contributed by atoms with van der Waals surface area (Å²) in [6.45, 7) is 3.37. The van der Waals surface area contributed by atoms with Crippen molar-refractivity contribution in [3.8, 4) is 6.07 Å². The van der Waals surface area contributed by atoms with Crippen LogP contribution >= 0.6 is 0 Å². The van der Waals surface area contributed by atoms with Gasteiger partial charge in [0.15, 0.2) is 0 Å². The number of aryl methyl sites for hydroxylation is 1. The molecule has 0 saturated heterocycles. The van der Waals surface area contributed by atoms with Crippen molar-refractivity contribution in [1.29, 1.82) is 5.26 Å². The maximum atomic E-state index is 12.5. The summed E-state index contributed by atoms with van der Waals surface area (Å²) in [4.78, 5) is 39.8. The van der Waals surface area contributed by atoms with Gasteiger partial charge in [0.25, 0.3) is 5.56 Å². The number of fused-ring (bicyclic) bond motifs is 1. The zero-order chi connectivity index (χ0) is 17.7. The molecular formula is C15H15N5O4. The lowest BCUT2D eigenvalue weighted by Gasteiger charge is -2.12. The summed E-state index contributed by atoms with van der Waals surface area (Å²) >= 11 is 0. The first kappa shape index (κ1) is 17.0. The molecule has 1 heterocycles. The maximum Gasteiger partial charge on any atom is 0.426 e. The molecule has 0 aliphatic heterocycles. The number of hydrogen-bond donors (Lipinski definition) is 2. The second kappa shape index (κ2) is 7.23. The molecule has 2 aromatic rings. The largest absolute Gasteiger partial charge is 0.449 e. The number of rotatable bonds is 4. The molecule has 1 aromatic carbocycles. The average Bonchev–Trinajstić information content (AvgIpc) is 2.52. The molecule has 0 bridgehead atoms. The number of nitriles is 1. The third-order valence-electron chi connectivity index (χ3n) is 3.04. The van der Waals surface area contributed by atoms with Crippen LogP contribution in [0.4, 0.5) is 10.5 Å². The number of nitrogens with zero attached hydrogens (tertiary/aromatic N) is 3. The van der Waals surface area contributed by atoms with Gasteiger partial charge in [0.1, 0.15) is 12.2 Å². The highest BCUT2D eigenvalue weighted by Crippen LogP contribution is 2.15. The quantitative estimate of drug-likeness (QED) is 0.869. The van der Waals surface area contributed by atoms with Crippen molar-refractivity contribution in [2.45, 2.75) is 20.3 Å². The van der Waals surface area contributed by atoms with Crippen molar-refractivity contribution in [2.75, 3.05) is 17.3 Å². The third-order valence-corrected chi connectivity index (χ3v) is 3.04. The van der Waals surface area contributed by atoms with Crippen molar-refractivity contribution >= 4 is 28.6 Å². The van der Waals surface area contributed by atoms with E-state index in [-0.39, 0.29) is 24.2 Å². The van der Waals surface area contributed by atoms with E-state index in [9.17, 15) is 14.4 Å². The predicted octanol–water partition coefficient (Wildman–Crippen LogP) is 1.26. The Labute approximate surface area is 136 Å². The molecule has 0 aliphatic carbocycles. The molecule has 9 heteroatoms. The molecule has 0 unspecified atom stereocenters. The highest BCUT2D eigenvalue weighted by Gasteiger charge is 2.12. The summed E-state index contributed by atoms with van der Waals surface area (Å²) in [6, 6.07) is 6.31. The van der Waals surface area contributed by atoms with Crippen molar-refractivity contribution in [2.24, 2.45) is 0 Å². The van der Waals surface area contributed by atoms with Gasteiger partial charge in [-0.3, -0.25) is 9.59 Å². The fourth-order valence-corrected chi connectivity index (χ4v) is 2.04. The lowest BCUT2D eigenvalue weighted by Crippen LogP contribution is -2.35. The number of amides is 2. The Morgan fingerprint density at radius 2 is 2.17 bits per heavy atom. The van der Waals surface area contributed by atoms with E-state index in [0.29, 0.717) is 11.2 Å². The standard InChI is InChI=1S/C15H15N5O4/c1-3-24-15(23)19-20-9(2)17-12-5-4-10(8-11(12)14(20)22)18-13(21)6-7-16/h4-5,8H,3,6H2,1-2H3,(H,18,21)(H,19,23). The summed E-state index contributed by atoms with van der Waals surface area (Å²) in [7, 11) is 0. The molecule has 24 heavy (non-hydrogen) atoms. The maximum absolute atomic E-state index is 12.5. The molecule has 2 N–H and O–H groups in total. The number of hydrogen-bond acceptors (Lipinski definition) is 6. The van der Waals surface area contributed by atoms with Gasteiger partial charge in [-0.05, 0) is 32.0 Å². The molecule has 124 valence electrons. The Hall–Kier alpha value is -3.41. The van der Waals surface area contributed by atoms with Crippen LogP contribution < -0.4 is 16.3 Å². The molecule has 0 aliphatic rings. The van der Waals surface area contributed by atoms with Crippen LogP contribution in [0.5, 0.6) is 0 Å². The molecule has 0 saturated carbocycles. The number of ether oxygens (including phenoxy) is 1. The van der Waals surface area contributed by atoms with Crippen molar-refractivity contribution in [3.63, 3.8) is 0 Å². The van der Waals surface area contributed by atoms with Gasteiger partial charge in [0, 0.05) is 5.69 Å². The Kier molecular flexibility index (Phi) is 5.11. The fourth-order valence-electron chi connectivity index (χ4n) is 2.04. The van der Waals surface area contributed by atoms with E-state index in [1.165, 1.54) is 6.07 Å². The lowest BCUT2D eigenvalue weighted by atomic mass is 10.2. The number of aromatic nitrogens is 2. The lowest BCUT2D eigenvalue weighted by molar-refractivity contribution is -0.115. The van der Waals surface area contributed by atoms with Gasteiger partial charge in [0.2, 0.25) is 5.91 Å². The Bertz CT molecular complexity index is 897. The monoisotopic (exact) mass is 329 g/mol. The number of carbonyl (C=O) groups is 2. The molecule has 0 atom stereocenters. The summed E-state index contributed by atoms with van der Waals surface area (Å²) in [5.74, 6) is -0.205. The minimum absolute atomic E-state index is 0.162. The second-order valence-electron chi connectivity index (χ2n) is 4.75. The molecule has 0 fully saturated rings. The number of anilines is 1. The van der Waals surface area contributed by atoms with E-state index in [0.717, 1.165) is 4.68 Å². The van der Waals surface area contributed by atoms with Crippen LogP contribution in [0.3, 0.4) is 0 Å².